The molecule has 1 rings (SSSR count). The summed E-state index contributed by atoms with van der Waals surface area (Å²) in [5.41, 5.74) is 0. The Balaban J connectivity index is 2.54. The van der Waals surface area contributed by atoms with Crippen LogP contribution in [0.4, 0.5) is 4.79 Å². The summed E-state index contributed by atoms with van der Waals surface area (Å²) in [4.78, 5) is 11.2. The molecule has 1 heterocycles. The number of hydrogen-bond acceptors (Lipinski definition) is 4. The van der Waals surface area contributed by atoms with Crippen LogP contribution in [-0.2, 0) is 14.9 Å². The van der Waals surface area contributed by atoms with Gasteiger partial charge in [0.1, 0.15) is 0 Å². The number of amides is 1. The summed E-state index contributed by atoms with van der Waals surface area (Å²) < 4.78 is 31.3. The lowest BCUT2D eigenvalue weighted by molar-refractivity contribution is 0.121. The van der Waals surface area contributed by atoms with Crippen molar-refractivity contribution in [3.05, 3.63) is 0 Å². The van der Waals surface area contributed by atoms with Crippen LogP contribution in [-0.4, -0.2) is 43.4 Å². The minimum absolute atomic E-state index is 0.00376. The maximum absolute atomic E-state index is 11.8. The summed E-state index contributed by atoms with van der Waals surface area (Å²) in [6, 6.07) is 0. The predicted molar refractivity (Wildman–Crippen MR) is 64.1 cm³/mol. The Kier molecular flexibility index (Phi) is 5.03. The molecule has 0 saturated carbocycles. The van der Waals surface area contributed by atoms with Gasteiger partial charge in [-0.15, -0.1) is 11.6 Å². The van der Waals surface area contributed by atoms with E-state index in [0.717, 1.165) is 0 Å². The normalized spacial score (nSPS) is 19.3. The number of nitrogens with zero attached hydrogens (tertiary/aromatic N) is 1. The summed E-state index contributed by atoms with van der Waals surface area (Å²) in [6.07, 6.45) is -0.143. The van der Waals surface area contributed by atoms with E-state index in [4.69, 9.17) is 16.3 Å². The maximum Gasteiger partial charge on any atom is 0.422 e. The molecule has 0 aromatic carbocycles. The summed E-state index contributed by atoms with van der Waals surface area (Å²) in [5.74, 6) is 0. The van der Waals surface area contributed by atoms with Gasteiger partial charge in [-0.05, 0) is 26.7 Å². The van der Waals surface area contributed by atoms with Crippen LogP contribution in [0.15, 0.2) is 0 Å². The average Bonchev–Trinajstić information content (AvgIpc) is 2.15. The van der Waals surface area contributed by atoms with Crippen molar-refractivity contribution < 1.29 is 17.9 Å². The SMILES string of the molecule is CC(C)OC(=O)NS(=O)(=O)N1CCC(Cl)CC1. The number of carbonyl (C=O) groups is 1. The predicted octanol–water partition coefficient (Wildman–Crippen LogP) is 1.07. The summed E-state index contributed by atoms with van der Waals surface area (Å²) >= 11 is 5.87. The highest BCUT2D eigenvalue weighted by atomic mass is 35.5. The molecule has 0 aromatic rings. The fourth-order valence-corrected chi connectivity index (χ4v) is 2.75. The first-order valence-corrected chi connectivity index (χ1v) is 7.31. The first-order chi connectivity index (χ1) is 7.81. The third-order valence-electron chi connectivity index (χ3n) is 2.28. The molecule has 0 unspecified atom stereocenters. The molecule has 0 radical (unpaired) electrons. The van der Waals surface area contributed by atoms with E-state index < -0.39 is 16.3 Å². The first kappa shape index (κ1) is 14.5. The lowest BCUT2D eigenvalue weighted by atomic mass is 10.2. The van der Waals surface area contributed by atoms with Crippen molar-refractivity contribution in [2.24, 2.45) is 0 Å². The Morgan fingerprint density at radius 2 is 1.94 bits per heavy atom. The number of alkyl halides is 1. The van der Waals surface area contributed by atoms with Crippen LogP contribution in [0.2, 0.25) is 0 Å². The Hall–Kier alpha value is -0.530. The first-order valence-electron chi connectivity index (χ1n) is 5.44. The van der Waals surface area contributed by atoms with Crippen LogP contribution in [0, 0.1) is 0 Å². The van der Waals surface area contributed by atoms with Gasteiger partial charge in [0.25, 0.3) is 0 Å². The molecular formula is C9H17ClN2O4S. The minimum Gasteiger partial charge on any atom is -0.446 e. The van der Waals surface area contributed by atoms with Crippen LogP contribution >= 0.6 is 11.6 Å². The van der Waals surface area contributed by atoms with E-state index in [0.29, 0.717) is 25.9 Å². The van der Waals surface area contributed by atoms with Crippen molar-refractivity contribution in [1.82, 2.24) is 9.03 Å². The van der Waals surface area contributed by atoms with Gasteiger partial charge in [-0.1, -0.05) is 0 Å². The van der Waals surface area contributed by atoms with Gasteiger partial charge in [0.05, 0.1) is 6.10 Å². The molecule has 1 aliphatic heterocycles. The van der Waals surface area contributed by atoms with Crippen LogP contribution in [0.25, 0.3) is 0 Å². The average molecular weight is 285 g/mol. The van der Waals surface area contributed by atoms with Gasteiger partial charge in [0.15, 0.2) is 0 Å². The van der Waals surface area contributed by atoms with Gasteiger partial charge in [-0.25, -0.2) is 9.52 Å². The topological polar surface area (TPSA) is 75.7 Å². The highest BCUT2D eigenvalue weighted by Crippen LogP contribution is 2.17. The largest absolute Gasteiger partial charge is 0.446 e. The number of rotatable bonds is 3. The molecule has 1 saturated heterocycles. The van der Waals surface area contributed by atoms with E-state index in [2.05, 4.69) is 0 Å². The molecule has 0 aromatic heterocycles. The summed E-state index contributed by atoms with van der Waals surface area (Å²) in [5, 5.41) is 0.00376. The second-order valence-electron chi connectivity index (χ2n) is 4.13. The molecule has 17 heavy (non-hydrogen) atoms. The Morgan fingerprint density at radius 3 is 2.41 bits per heavy atom. The summed E-state index contributed by atoms with van der Waals surface area (Å²) in [7, 11) is -3.80. The smallest absolute Gasteiger partial charge is 0.422 e. The summed E-state index contributed by atoms with van der Waals surface area (Å²) in [6.45, 7) is 3.92. The zero-order valence-electron chi connectivity index (χ0n) is 9.85. The quantitative estimate of drug-likeness (QED) is 0.787. The monoisotopic (exact) mass is 284 g/mol. The van der Waals surface area contributed by atoms with E-state index >= 15 is 0 Å². The second-order valence-corrected chi connectivity index (χ2v) is 6.42. The molecule has 1 N–H and O–H groups in total. The van der Waals surface area contributed by atoms with Crippen molar-refractivity contribution in [3.63, 3.8) is 0 Å². The van der Waals surface area contributed by atoms with Gasteiger partial charge >= 0.3 is 16.3 Å². The third kappa shape index (κ3) is 4.69. The third-order valence-corrected chi connectivity index (χ3v) is 4.18. The standard InChI is InChI=1S/C9H17ClN2O4S/c1-7(2)16-9(13)11-17(14,15)12-5-3-8(10)4-6-12/h7-8H,3-6H2,1-2H3,(H,11,13). The molecule has 8 heteroatoms. The molecule has 0 aliphatic carbocycles. The number of halogens is 1. The van der Waals surface area contributed by atoms with E-state index in [1.54, 1.807) is 13.8 Å². The molecule has 1 fully saturated rings. The van der Waals surface area contributed by atoms with E-state index in [1.165, 1.54) is 4.31 Å². The molecular weight excluding hydrogens is 268 g/mol. The van der Waals surface area contributed by atoms with E-state index in [1.807, 2.05) is 4.72 Å². The highest BCUT2D eigenvalue weighted by Gasteiger charge is 2.29. The Morgan fingerprint density at radius 1 is 1.41 bits per heavy atom. The van der Waals surface area contributed by atoms with Gasteiger partial charge in [0, 0.05) is 18.5 Å². The van der Waals surface area contributed by atoms with Crippen molar-refractivity contribution in [2.75, 3.05) is 13.1 Å². The molecule has 0 atom stereocenters. The maximum atomic E-state index is 11.8. The number of hydrogen-bond donors (Lipinski definition) is 1. The number of nitrogens with one attached hydrogen (secondary N) is 1. The zero-order chi connectivity index (χ0) is 13.1. The van der Waals surface area contributed by atoms with E-state index in [-0.39, 0.29) is 11.5 Å². The molecule has 100 valence electrons. The molecule has 6 nitrogen and oxygen atoms in total. The van der Waals surface area contributed by atoms with E-state index in [9.17, 15) is 13.2 Å². The second kappa shape index (κ2) is 5.88. The number of carbonyl (C=O) groups excluding carboxylic acids is 1. The lowest BCUT2D eigenvalue weighted by Gasteiger charge is -2.28. The van der Waals surface area contributed by atoms with Gasteiger partial charge in [-0.2, -0.15) is 12.7 Å². The fourth-order valence-electron chi connectivity index (χ4n) is 1.47. The molecule has 1 amide bonds. The van der Waals surface area contributed by atoms with Gasteiger partial charge in [-0.3, -0.25) is 0 Å². The van der Waals surface area contributed by atoms with Crippen LogP contribution < -0.4 is 4.72 Å². The van der Waals surface area contributed by atoms with Crippen molar-refractivity contribution in [3.8, 4) is 0 Å². The highest BCUT2D eigenvalue weighted by molar-refractivity contribution is 7.87. The van der Waals surface area contributed by atoms with Crippen LogP contribution in [0.5, 0.6) is 0 Å². The number of piperidine rings is 1. The lowest BCUT2D eigenvalue weighted by Crippen LogP contribution is -2.47. The fraction of sp³-hybridized carbons (Fsp3) is 0.889. The van der Waals surface area contributed by atoms with Crippen molar-refractivity contribution >= 4 is 27.9 Å². The number of ether oxygens (including phenoxy) is 1. The minimum atomic E-state index is -3.80. The molecule has 1 aliphatic rings. The van der Waals surface area contributed by atoms with Crippen molar-refractivity contribution in [2.45, 2.75) is 38.2 Å². The molecule has 0 spiro atoms. The van der Waals surface area contributed by atoms with Gasteiger partial charge < -0.3 is 4.74 Å². The Bertz CT molecular complexity index is 363. The molecule has 0 bridgehead atoms. The van der Waals surface area contributed by atoms with Crippen LogP contribution in [0.1, 0.15) is 26.7 Å². The van der Waals surface area contributed by atoms with Crippen molar-refractivity contribution in [1.29, 1.82) is 0 Å². The van der Waals surface area contributed by atoms with Gasteiger partial charge in [0.2, 0.25) is 0 Å². The zero-order valence-corrected chi connectivity index (χ0v) is 11.4. The van der Waals surface area contributed by atoms with Crippen LogP contribution in [0.3, 0.4) is 0 Å². The Labute approximate surface area is 106 Å².